The molecule has 0 aliphatic carbocycles. The normalized spacial score (nSPS) is 10.9. The Morgan fingerprint density at radius 2 is 1.46 bits per heavy atom. The van der Waals surface area contributed by atoms with Crippen LogP contribution in [0.5, 0.6) is 28.7 Å². The molecule has 5 aromatic rings. The number of hydrogen-bond acceptors (Lipinski definition) is 9. The maximum atomic E-state index is 13.6. The van der Waals surface area contributed by atoms with Gasteiger partial charge in [-0.05, 0) is 54.1 Å². The molecule has 1 heterocycles. The zero-order valence-corrected chi connectivity index (χ0v) is 26.8. The van der Waals surface area contributed by atoms with Crippen LogP contribution in [-0.4, -0.2) is 50.4 Å². The van der Waals surface area contributed by atoms with E-state index in [2.05, 4.69) is 31.4 Å². The number of H-pyrrole nitrogens is 1. The molecular formula is C34H28BrN3O8. The summed E-state index contributed by atoms with van der Waals surface area (Å²) < 4.78 is 27.9. The average Bonchev–Trinajstić information content (AvgIpc) is 3.47. The Kier molecular flexibility index (Phi) is 9.67. The second kappa shape index (κ2) is 14.0. The molecule has 0 unspecified atom stereocenters. The molecule has 0 saturated heterocycles. The van der Waals surface area contributed by atoms with Gasteiger partial charge in [0.25, 0.3) is 5.91 Å². The van der Waals surface area contributed by atoms with Crippen molar-refractivity contribution < 1.29 is 38.1 Å². The van der Waals surface area contributed by atoms with Gasteiger partial charge in [0.2, 0.25) is 0 Å². The molecule has 5 rings (SSSR count). The summed E-state index contributed by atoms with van der Waals surface area (Å²) in [6.45, 7) is 1.26. The van der Waals surface area contributed by atoms with Crippen molar-refractivity contribution in [3.63, 3.8) is 0 Å². The van der Waals surface area contributed by atoms with Crippen LogP contribution in [0.25, 0.3) is 22.0 Å². The van der Waals surface area contributed by atoms with Gasteiger partial charge in [-0.2, -0.15) is 5.10 Å². The van der Waals surface area contributed by atoms with Gasteiger partial charge in [-0.1, -0.05) is 46.3 Å². The van der Waals surface area contributed by atoms with Crippen molar-refractivity contribution in [2.75, 3.05) is 21.3 Å². The predicted octanol–water partition coefficient (Wildman–Crippen LogP) is 6.53. The summed E-state index contributed by atoms with van der Waals surface area (Å²) in [5.74, 6) is -0.110. The molecule has 46 heavy (non-hydrogen) atoms. The van der Waals surface area contributed by atoms with Crippen LogP contribution in [0, 0.1) is 0 Å². The molecule has 0 fully saturated rings. The van der Waals surface area contributed by atoms with Crippen LogP contribution < -0.4 is 29.1 Å². The Bertz CT molecular complexity index is 1970. The zero-order chi connectivity index (χ0) is 32.8. The number of benzene rings is 4. The summed E-state index contributed by atoms with van der Waals surface area (Å²) in [7, 11) is 4.50. The van der Waals surface area contributed by atoms with Crippen LogP contribution >= 0.6 is 15.9 Å². The van der Waals surface area contributed by atoms with Crippen LogP contribution in [0.2, 0.25) is 0 Å². The van der Waals surface area contributed by atoms with E-state index in [1.807, 2.05) is 30.3 Å². The van der Waals surface area contributed by atoms with Gasteiger partial charge in [0.05, 0.1) is 44.0 Å². The number of nitrogens with one attached hydrogen (secondary N) is 2. The summed E-state index contributed by atoms with van der Waals surface area (Å²) in [4.78, 5) is 41.2. The van der Waals surface area contributed by atoms with Crippen molar-refractivity contribution in [3.05, 3.63) is 100 Å². The lowest BCUT2D eigenvalue weighted by Gasteiger charge is -2.11. The number of methoxy groups -OCH3 is 3. The van der Waals surface area contributed by atoms with Gasteiger partial charge in [-0.15, -0.1) is 0 Å². The van der Waals surface area contributed by atoms with E-state index in [9.17, 15) is 14.4 Å². The quantitative estimate of drug-likeness (QED) is 0.0733. The first-order valence-electron chi connectivity index (χ1n) is 13.8. The van der Waals surface area contributed by atoms with Crippen LogP contribution in [0.3, 0.4) is 0 Å². The van der Waals surface area contributed by atoms with Crippen molar-refractivity contribution in [2.45, 2.75) is 6.92 Å². The molecule has 0 radical (unpaired) electrons. The molecular weight excluding hydrogens is 658 g/mol. The van der Waals surface area contributed by atoms with Crippen molar-refractivity contribution in [1.29, 1.82) is 0 Å². The van der Waals surface area contributed by atoms with E-state index in [4.69, 9.17) is 23.7 Å². The molecule has 2 N–H and O–H groups in total. The van der Waals surface area contributed by atoms with Gasteiger partial charge >= 0.3 is 11.9 Å². The Morgan fingerprint density at radius 3 is 2.15 bits per heavy atom. The number of carbonyl (C=O) groups excluding carboxylic acids is 3. The number of amides is 1. The van der Waals surface area contributed by atoms with Gasteiger partial charge in [0.15, 0.2) is 11.5 Å². The monoisotopic (exact) mass is 685 g/mol. The molecule has 234 valence electrons. The van der Waals surface area contributed by atoms with Crippen molar-refractivity contribution >= 4 is 50.9 Å². The van der Waals surface area contributed by atoms with Crippen LogP contribution in [0.1, 0.15) is 33.3 Å². The number of halogens is 1. The molecule has 1 amide bonds. The predicted molar refractivity (Wildman–Crippen MR) is 175 cm³/mol. The SMILES string of the molecule is COc1cc(C(=O)Oc2ccc(Br)cc2C=NNC(=O)c2[nH]c3c(OC)ccc(OC)c3c2-c2ccccc2)ccc1OC(C)=O. The smallest absolute Gasteiger partial charge is 0.343 e. The highest BCUT2D eigenvalue weighted by Gasteiger charge is 2.24. The van der Waals surface area contributed by atoms with Crippen molar-refractivity contribution in [2.24, 2.45) is 5.10 Å². The maximum absolute atomic E-state index is 13.6. The number of ether oxygens (including phenoxy) is 5. The van der Waals surface area contributed by atoms with Gasteiger partial charge in [0, 0.05) is 22.5 Å². The average molecular weight is 687 g/mol. The third-order valence-electron chi connectivity index (χ3n) is 6.81. The Morgan fingerprint density at radius 1 is 0.783 bits per heavy atom. The highest BCUT2D eigenvalue weighted by Crippen LogP contribution is 2.42. The highest BCUT2D eigenvalue weighted by molar-refractivity contribution is 9.10. The van der Waals surface area contributed by atoms with E-state index < -0.39 is 17.8 Å². The first-order valence-corrected chi connectivity index (χ1v) is 14.6. The Labute approximate surface area is 272 Å². The lowest BCUT2D eigenvalue weighted by molar-refractivity contribution is -0.132. The topological polar surface area (TPSA) is 138 Å². The molecule has 0 bridgehead atoms. The number of aromatic amines is 1. The fourth-order valence-corrected chi connectivity index (χ4v) is 5.15. The first-order chi connectivity index (χ1) is 22.2. The van der Waals surface area contributed by atoms with E-state index >= 15 is 0 Å². The lowest BCUT2D eigenvalue weighted by atomic mass is 10.0. The minimum Gasteiger partial charge on any atom is -0.496 e. The zero-order valence-electron chi connectivity index (χ0n) is 25.2. The van der Waals surface area contributed by atoms with Gasteiger partial charge in [-0.25, -0.2) is 10.2 Å². The summed E-state index contributed by atoms with van der Waals surface area (Å²) in [5.41, 5.74) is 5.36. The van der Waals surface area contributed by atoms with E-state index in [1.165, 1.54) is 38.4 Å². The third-order valence-corrected chi connectivity index (χ3v) is 7.30. The maximum Gasteiger partial charge on any atom is 0.343 e. The molecule has 0 saturated carbocycles. The van der Waals surface area contributed by atoms with Gasteiger partial charge in [-0.3, -0.25) is 9.59 Å². The standard InChI is InChI=1S/C34H28BrN3O8/c1-19(39)45-25-12-10-21(17-28(25)44-4)34(41)46-24-13-11-23(35)16-22(24)18-36-38-33(40)32-29(20-8-6-5-7-9-20)30-26(42-2)14-15-27(43-3)31(30)37-32/h5-18,37H,1-4H3,(H,38,40). The number of aromatic nitrogens is 1. The van der Waals surface area contributed by atoms with E-state index in [0.29, 0.717) is 38.0 Å². The molecule has 11 nitrogen and oxygen atoms in total. The molecule has 12 heteroatoms. The summed E-state index contributed by atoms with van der Waals surface area (Å²) in [6, 6.07) is 22.2. The van der Waals surface area contributed by atoms with E-state index in [1.54, 1.807) is 44.6 Å². The van der Waals surface area contributed by atoms with Crippen molar-refractivity contribution in [3.8, 4) is 39.9 Å². The minimum absolute atomic E-state index is 0.157. The highest BCUT2D eigenvalue weighted by atomic mass is 79.9. The fraction of sp³-hybridized carbons (Fsp3) is 0.118. The van der Waals surface area contributed by atoms with Crippen LogP contribution in [0.4, 0.5) is 0 Å². The number of hydrazone groups is 1. The lowest BCUT2D eigenvalue weighted by Crippen LogP contribution is -2.19. The van der Waals surface area contributed by atoms with Gasteiger partial charge in [0.1, 0.15) is 22.9 Å². The number of fused-ring (bicyclic) bond motifs is 1. The van der Waals surface area contributed by atoms with E-state index in [0.717, 1.165) is 5.56 Å². The van der Waals surface area contributed by atoms with Crippen molar-refractivity contribution in [1.82, 2.24) is 10.4 Å². The number of rotatable bonds is 10. The molecule has 0 atom stereocenters. The summed E-state index contributed by atoms with van der Waals surface area (Å²) in [6.07, 6.45) is 1.36. The van der Waals surface area contributed by atoms with E-state index in [-0.39, 0.29) is 28.5 Å². The first kappa shape index (κ1) is 31.8. The summed E-state index contributed by atoms with van der Waals surface area (Å²) >= 11 is 3.42. The van der Waals surface area contributed by atoms with Gasteiger partial charge < -0.3 is 28.7 Å². The molecule has 0 spiro atoms. The second-order valence-electron chi connectivity index (χ2n) is 9.69. The molecule has 4 aromatic carbocycles. The fourth-order valence-electron chi connectivity index (χ4n) is 4.78. The number of esters is 2. The molecule has 0 aliphatic rings. The Hall–Kier alpha value is -5.62. The minimum atomic E-state index is -0.692. The molecule has 1 aromatic heterocycles. The molecule has 0 aliphatic heterocycles. The summed E-state index contributed by atoms with van der Waals surface area (Å²) in [5, 5.41) is 4.85. The van der Waals surface area contributed by atoms with Crippen LogP contribution in [-0.2, 0) is 4.79 Å². The number of hydrogen-bond donors (Lipinski definition) is 2. The third kappa shape index (κ3) is 6.71. The largest absolute Gasteiger partial charge is 0.496 e. The number of carbonyl (C=O) groups is 3. The second-order valence-corrected chi connectivity index (χ2v) is 10.6. The van der Waals surface area contributed by atoms with Crippen LogP contribution in [0.15, 0.2) is 88.4 Å². The number of nitrogens with zero attached hydrogens (tertiary/aromatic N) is 1. The Balaban J connectivity index is 1.43.